The number of hydrogen-bond donors (Lipinski definition) is 2. The topological polar surface area (TPSA) is 71.1 Å². The van der Waals surface area contributed by atoms with E-state index in [-0.39, 0.29) is 5.84 Å². The third-order valence-electron chi connectivity index (χ3n) is 4.14. The van der Waals surface area contributed by atoms with E-state index in [1.807, 2.05) is 18.2 Å². The minimum absolute atomic E-state index is 0.123. The zero-order valence-electron chi connectivity index (χ0n) is 11.1. The third-order valence-corrected chi connectivity index (χ3v) is 4.78. The van der Waals surface area contributed by atoms with Gasteiger partial charge in [-0.1, -0.05) is 5.16 Å². The zero-order valence-corrected chi connectivity index (χ0v) is 12.7. The quantitative estimate of drug-likeness (QED) is 0.375. The Balaban J connectivity index is 1.90. The molecule has 1 heterocycles. The van der Waals surface area contributed by atoms with E-state index in [1.165, 1.54) is 12.8 Å². The van der Waals surface area contributed by atoms with Gasteiger partial charge in [-0.2, -0.15) is 0 Å². The Bertz CT molecular complexity index is 535. The molecule has 2 fully saturated rings. The summed E-state index contributed by atoms with van der Waals surface area (Å²) in [6.07, 6.45) is 3.92. The van der Waals surface area contributed by atoms with Crippen molar-refractivity contribution in [3.8, 4) is 0 Å². The second-order valence-electron chi connectivity index (χ2n) is 5.25. The summed E-state index contributed by atoms with van der Waals surface area (Å²) in [6, 6.07) is 6.27. The van der Waals surface area contributed by atoms with Gasteiger partial charge >= 0.3 is 0 Å². The number of halogens is 1. The summed E-state index contributed by atoms with van der Waals surface area (Å²) >= 11 is 3.60. The highest BCUT2D eigenvalue weighted by Crippen LogP contribution is 2.36. The van der Waals surface area contributed by atoms with Crippen LogP contribution in [0.4, 0.5) is 5.69 Å². The van der Waals surface area contributed by atoms with E-state index in [0.717, 1.165) is 29.7 Å². The number of nitrogens with two attached hydrogens (primary N) is 1. The summed E-state index contributed by atoms with van der Waals surface area (Å²) in [6.45, 7) is 1.68. The summed E-state index contributed by atoms with van der Waals surface area (Å²) in [5.74, 6) is 0.123. The number of rotatable bonds is 2. The van der Waals surface area contributed by atoms with Gasteiger partial charge in [0, 0.05) is 16.6 Å². The molecule has 0 spiro atoms. The fourth-order valence-corrected chi connectivity index (χ4v) is 3.79. The minimum Gasteiger partial charge on any atom is -0.409 e. The van der Waals surface area contributed by atoms with Crippen molar-refractivity contribution in [2.24, 2.45) is 10.9 Å². The van der Waals surface area contributed by atoms with E-state index in [9.17, 15) is 0 Å². The maximum Gasteiger partial charge on any atom is 0.170 e. The van der Waals surface area contributed by atoms with Gasteiger partial charge in [-0.25, -0.2) is 0 Å². The van der Waals surface area contributed by atoms with Crippen molar-refractivity contribution in [2.75, 3.05) is 18.1 Å². The Hall–Kier alpha value is -1.27. The van der Waals surface area contributed by atoms with E-state index in [0.29, 0.717) is 17.7 Å². The molecular formula is C14H18BrN3O2. The normalized spacial score (nSPS) is 26.6. The van der Waals surface area contributed by atoms with Crippen LogP contribution in [0.5, 0.6) is 0 Å². The van der Waals surface area contributed by atoms with Gasteiger partial charge in [0.1, 0.15) is 0 Å². The molecule has 2 atom stereocenters. The van der Waals surface area contributed by atoms with Gasteiger partial charge in [-0.05, 0) is 53.4 Å². The fourth-order valence-electron chi connectivity index (χ4n) is 3.18. The molecule has 1 saturated heterocycles. The monoisotopic (exact) mass is 339 g/mol. The summed E-state index contributed by atoms with van der Waals surface area (Å²) in [5, 5.41) is 11.8. The maximum absolute atomic E-state index is 8.74. The highest BCUT2D eigenvalue weighted by Gasteiger charge is 2.36. The molecule has 5 nitrogen and oxygen atoms in total. The molecule has 3 N–H and O–H groups in total. The van der Waals surface area contributed by atoms with Gasteiger partial charge in [0.2, 0.25) is 0 Å². The second-order valence-corrected chi connectivity index (χ2v) is 6.11. The third kappa shape index (κ3) is 2.38. The lowest BCUT2D eigenvalue weighted by Gasteiger charge is -2.39. The molecule has 1 aromatic carbocycles. The molecule has 2 aliphatic rings. The van der Waals surface area contributed by atoms with Crippen LogP contribution < -0.4 is 10.6 Å². The second kappa shape index (κ2) is 5.61. The number of hydrogen-bond acceptors (Lipinski definition) is 4. The molecule has 20 heavy (non-hydrogen) atoms. The number of anilines is 1. The molecular weight excluding hydrogens is 322 g/mol. The van der Waals surface area contributed by atoms with E-state index in [1.54, 1.807) is 0 Å². The highest BCUT2D eigenvalue weighted by atomic mass is 79.9. The molecule has 3 rings (SSSR count). The lowest BCUT2D eigenvalue weighted by atomic mass is 10.1. The zero-order chi connectivity index (χ0) is 14.1. The van der Waals surface area contributed by atoms with E-state index in [4.69, 9.17) is 15.7 Å². The number of fused-ring (bicyclic) bond motifs is 1. The average molecular weight is 340 g/mol. The number of amidine groups is 1. The number of morpholine rings is 1. The first-order valence-electron chi connectivity index (χ1n) is 6.86. The molecule has 1 aliphatic carbocycles. The van der Waals surface area contributed by atoms with Crippen LogP contribution in [0.2, 0.25) is 0 Å². The average Bonchev–Trinajstić information content (AvgIpc) is 2.95. The smallest absolute Gasteiger partial charge is 0.170 e. The summed E-state index contributed by atoms with van der Waals surface area (Å²) < 4.78 is 6.81. The van der Waals surface area contributed by atoms with Crippen molar-refractivity contribution in [3.05, 3.63) is 28.2 Å². The van der Waals surface area contributed by atoms with Gasteiger partial charge in [0.05, 0.1) is 24.4 Å². The predicted molar refractivity (Wildman–Crippen MR) is 81.4 cm³/mol. The van der Waals surface area contributed by atoms with Crippen molar-refractivity contribution in [1.82, 2.24) is 0 Å². The van der Waals surface area contributed by atoms with Gasteiger partial charge in [-0.15, -0.1) is 0 Å². The highest BCUT2D eigenvalue weighted by molar-refractivity contribution is 9.10. The molecule has 0 amide bonds. The van der Waals surface area contributed by atoms with Crippen molar-refractivity contribution < 1.29 is 9.94 Å². The molecule has 108 valence electrons. The Labute approximate surface area is 126 Å². The van der Waals surface area contributed by atoms with Crippen LogP contribution >= 0.6 is 15.9 Å². The van der Waals surface area contributed by atoms with Crippen LogP contribution in [0, 0.1) is 0 Å². The lowest BCUT2D eigenvalue weighted by Crippen LogP contribution is -2.48. The van der Waals surface area contributed by atoms with Crippen LogP contribution in [-0.4, -0.2) is 36.3 Å². The molecule has 1 aromatic rings. The number of ether oxygens (including phenoxy) is 1. The van der Waals surface area contributed by atoms with Crippen molar-refractivity contribution in [2.45, 2.75) is 31.4 Å². The largest absolute Gasteiger partial charge is 0.409 e. The Morgan fingerprint density at radius 2 is 2.30 bits per heavy atom. The van der Waals surface area contributed by atoms with Crippen LogP contribution in [0.25, 0.3) is 0 Å². The number of nitrogens with zero attached hydrogens (tertiary/aromatic N) is 2. The first-order valence-corrected chi connectivity index (χ1v) is 7.65. The Morgan fingerprint density at radius 1 is 1.45 bits per heavy atom. The molecule has 0 bridgehead atoms. The van der Waals surface area contributed by atoms with Gasteiger partial charge in [0.15, 0.2) is 5.84 Å². The molecule has 2 unspecified atom stereocenters. The predicted octanol–water partition coefficient (Wildman–Crippen LogP) is 2.30. The van der Waals surface area contributed by atoms with Gasteiger partial charge in [-0.3, -0.25) is 0 Å². The van der Waals surface area contributed by atoms with Crippen molar-refractivity contribution >= 4 is 27.5 Å². The van der Waals surface area contributed by atoms with E-state index < -0.39 is 0 Å². The van der Waals surface area contributed by atoms with Crippen LogP contribution in [-0.2, 0) is 4.74 Å². The van der Waals surface area contributed by atoms with E-state index >= 15 is 0 Å². The number of benzene rings is 1. The summed E-state index contributed by atoms with van der Waals surface area (Å²) in [4.78, 5) is 2.42. The van der Waals surface area contributed by atoms with Crippen LogP contribution in [0.15, 0.2) is 27.8 Å². The Kier molecular flexibility index (Phi) is 3.85. The Morgan fingerprint density at radius 3 is 3.05 bits per heavy atom. The summed E-state index contributed by atoms with van der Waals surface area (Å²) in [5.41, 5.74) is 7.48. The van der Waals surface area contributed by atoms with Gasteiger partial charge < -0.3 is 20.6 Å². The molecule has 0 radical (unpaired) electrons. The molecule has 0 aromatic heterocycles. The molecule has 1 saturated carbocycles. The van der Waals surface area contributed by atoms with Crippen LogP contribution in [0.1, 0.15) is 24.8 Å². The van der Waals surface area contributed by atoms with Crippen molar-refractivity contribution in [3.63, 3.8) is 0 Å². The van der Waals surface area contributed by atoms with Crippen molar-refractivity contribution in [1.29, 1.82) is 0 Å². The maximum atomic E-state index is 8.74. The summed E-state index contributed by atoms with van der Waals surface area (Å²) in [7, 11) is 0. The minimum atomic E-state index is 0.123. The first kappa shape index (κ1) is 13.7. The standard InChI is InChI=1S/C14H18BrN3O2/c15-10-8-9(14(16)17-19)4-5-11(10)18-6-7-20-13-3-1-2-12(13)18/h4-5,8,12-13,19H,1-3,6-7H2,(H2,16,17). The number of oxime groups is 1. The van der Waals surface area contributed by atoms with E-state index in [2.05, 4.69) is 26.0 Å². The first-order chi connectivity index (χ1) is 9.70. The SMILES string of the molecule is N/C(=N/O)c1ccc(N2CCOC3CCCC32)c(Br)c1. The fraction of sp³-hybridized carbons (Fsp3) is 0.500. The van der Waals surface area contributed by atoms with Crippen LogP contribution in [0.3, 0.4) is 0 Å². The van der Waals surface area contributed by atoms with Gasteiger partial charge in [0.25, 0.3) is 0 Å². The lowest BCUT2D eigenvalue weighted by molar-refractivity contribution is 0.0256. The molecule has 1 aliphatic heterocycles. The molecule has 6 heteroatoms.